The number of carbonyl (C=O) groups is 2. The molecule has 1 rings (SSSR count). The van der Waals surface area contributed by atoms with Crippen LogP contribution >= 0.6 is 0 Å². The van der Waals surface area contributed by atoms with E-state index in [-0.39, 0.29) is 5.97 Å². The predicted octanol–water partition coefficient (Wildman–Crippen LogP) is 1.89. The summed E-state index contributed by atoms with van der Waals surface area (Å²) in [6.07, 6.45) is 3.51. The fourth-order valence-electron chi connectivity index (χ4n) is 1.37. The van der Waals surface area contributed by atoms with E-state index in [4.69, 9.17) is 5.11 Å². The number of benzene rings is 1. The maximum atomic E-state index is 11.0. The van der Waals surface area contributed by atoms with Gasteiger partial charge in [0.2, 0.25) is 0 Å². The molecule has 1 N–H and O–H groups in total. The van der Waals surface area contributed by atoms with E-state index in [0.29, 0.717) is 12.8 Å². The van der Waals surface area contributed by atoms with Crippen molar-refractivity contribution in [2.75, 3.05) is 7.11 Å². The zero-order valence-corrected chi connectivity index (χ0v) is 9.55. The monoisotopic (exact) mass is 234 g/mol. The Morgan fingerprint density at radius 2 is 2.18 bits per heavy atom. The molecule has 0 aliphatic heterocycles. The summed E-state index contributed by atoms with van der Waals surface area (Å²) in [4.78, 5) is 21.3. The topological polar surface area (TPSA) is 63.6 Å². The summed E-state index contributed by atoms with van der Waals surface area (Å²) < 4.78 is 4.55. The summed E-state index contributed by atoms with van der Waals surface area (Å²) >= 11 is 0. The van der Waals surface area contributed by atoms with Gasteiger partial charge in [-0.25, -0.2) is 4.79 Å². The van der Waals surface area contributed by atoms with Gasteiger partial charge in [-0.15, -0.1) is 0 Å². The highest BCUT2D eigenvalue weighted by molar-refractivity contribution is 5.85. The molecule has 0 bridgehead atoms. The number of methoxy groups -OCH3 is 1. The van der Waals surface area contributed by atoms with Crippen LogP contribution in [0.4, 0.5) is 0 Å². The third-order valence-electron chi connectivity index (χ3n) is 2.21. The average Bonchev–Trinajstić information content (AvgIpc) is 2.34. The smallest absolute Gasteiger partial charge is 0.328 e. The SMILES string of the molecule is COC(=O)CCc1cccc(/C=C/C(=O)O)c1. The Labute approximate surface area is 99.5 Å². The van der Waals surface area contributed by atoms with Crippen LogP contribution in [0.15, 0.2) is 30.3 Å². The van der Waals surface area contributed by atoms with E-state index in [0.717, 1.165) is 17.2 Å². The van der Waals surface area contributed by atoms with E-state index in [2.05, 4.69) is 4.74 Å². The molecular weight excluding hydrogens is 220 g/mol. The molecule has 0 fully saturated rings. The molecule has 0 aliphatic carbocycles. The van der Waals surface area contributed by atoms with E-state index in [1.165, 1.54) is 13.2 Å². The van der Waals surface area contributed by atoms with Gasteiger partial charge in [0.15, 0.2) is 0 Å². The van der Waals surface area contributed by atoms with Gasteiger partial charge in [-0.2, -0.15) is 0 Å². The number of aliphatic carboxylic acids is 1. The Kier molecular flexibility index (Phi) is 4.94. The van der Waals surface area contributed by atoms with Crippen molar-refractivity contribution in [2.45, 2.75) is 12.8 Å². The van der Waals surface area contributed by atoms with Gasteiger partial charge in [-0.05, 0) is 23.6 Å². The lowest BCUT2D eigenvalue weighted by molar-refractivity contribution is -0.140. The summed E-state index contributed by atoms with van der Waals surface area (Å²) in [5.74, 6) is -1.23. The molecule has 0 spiro atoms. The second-order valence-corrected chi connectivity index (χ2v) is 3.49. The first kappa shape index (κ1) is 13.0. The van der Waals surface area contributed by atoms with Crippen LogP contribution in [0.5, 0.6) is 0 Å². The first-order valence-corrected chi connectivity index (χ1v) is 5.18. The molecule has 0 heterocycles. The second-order valence-electron chi connectivity index (χ2n) is 3.49. The lowest BCUT2D eigenvalue weighted by Crippen LogP contribution is -2.01. The highest BCUT2D eigenvalue weighted by Crippen LogP contribution is 2.09. The fourth-order valence-corrected chi connectivity index (χ4v) is 1.37. The molecule has 1 aromatic rings. The average molecular weight is 234 g/mol. The number of carbonyl (C=O) groups excluding carboxylic acids is 1. The minimum absolute atomic E-state index is 0.253. The highest BCUT2D eigenvalue weighted by atomic mass is 16.5. The predicted molar refractivity (Wildman–Crippen MR) is 63.4 cm³/mol. The maximum absolute atomic E-state index is 11.0. The third-order valence-corrected chi connectivity index (χ3v) is 2.21. The van der Waals surface area contributed by atoms with Crippen molar-refractivity contribution < 1.29 is 19.4 Å². The zero-order valence-electron chi connectivity index (χ0n) is 9.55. The van der Waals surface area contributed by atoms with Crippen molar-refractivity contribution in [3.05, 3.63) is 41.5 Å². The largest absolute Gasteiger partial charge is 0.478 e. The van der Waals surface area contributed by atoms with Gasteiger partial charge in [0.1, 0.15) is 0 Å². The van der Waals surface area contributed by atoms with Crippen LogP contribution in [0.25, 0.3) is 6.08 Å². The highest BCUT2D eigenvalue weighted by Gasteiger charge is 2.01. The normalized spacial score (nSPS) is 10.4. The van der Waals surface area contributed by atoms with Gasteiger partial charge >= 0.3 is 11.9 Å². The quantitative estimate of drug-likeness (QED) is 0.624. The zero-order chi connectivity index (χ0) is 12.7. The second kappa shape index (κ2) is 6.48. The summed E-state index contributed by atoms with van der Waals surface area (Å²) in [7, 11) is 1.36. The Morgan fingerprint density at radius 3 is 2.82 bits per heavy atom. The van der Waals surface area contributed by atoms with Crippen LogP contribution < -0.4 is 0 Å². The summed E-state index contributed by atoms with van der Waals surface area (Å²) in [5.41, 5.74) is 1.78. The molecule has 4 heteroatoms. The minimum atomic E-state index is -0.982. The Morgan fingerprint density at radius 1 is 1.41 bits per heavy atom. The molecule has 0 saturated carbocycles. The van der Waals surface area contributed by atoms with Crippen molar-refractivity contribution in [1.82, 2.24) is 0 Å². The van der Waals surface area contributed by atoms with Gasteiger partial charge in [0, 0.05) is 12.5 Å². The van der Waals surface area contributed by atoms with Crippen LogP contribution in [-0.2, 0) is 20.7 Å². The number of esters is 1. The summed E-state index contributed by atoms with van der Waals surface area (Å²) in [6.45, 7) is 0. The van der Waals surface area contributed by atoms with E-state index in [1.54, 1.807) is 6.07 Å². The molecule has 0 aliphatic rings. The van der Waals surface area contributed by atoms with Gasteiger partial charge in [0.25, 0.3) is 0 Å². The van der Waals surface area contributed by atoms with E-state index in [9.17, 15) is 9.59 Å². The van der Waals surface area contributed by atoms with E-state index in [1.807, 2.05) is 18.2 Å². The first-order chi connectivity index (χ1) is 8.11. The van der Waals surface area contributed by atoms with Crippen molar-refractivity contribution in [3.63, 3.8) is 0 Å². The van der Waals surface area contributed by atoms with Crippen molar-refractivity contribution in [2.24, 2.45) is 0 Å². The molecule has 1 aromatic carbocycles. The van der Waals surface area contributed by atoms with Crippen LogP contribution in [0, 0.1) is 0 Å². The Balaban J connectivity index is 2.65. The number of carboxylic acids is 1. The van der Waals surface area contributed by atoms with Crippen molar-refractivity contribution in [3.8, 4) is 0 Å². The molecule has 0 amide bonds. The summed E-state index contributed by atoms with van der Waals surface area (Å²) in [5, 5.41) is 8.50. The molecule has 0 aromatic heterocycles. The van der Waals surface area contributed by atoms with Crippen LogP contribution in [0.1, 0.15) is 17.5 Å². The molecule has 0 atom stereocenters. The Bertz CT molecular complexity index is 435. The van der Waals surface area contributed by atoms with Crippen LogP contribution in [0.2, 0.25) is 0 Å². The minimum Gasteiger partial charge on any atom is -0.478 e. The number of hydrogen-bond acceptors (Lipinski definition) is 3. The molecule has 4 nitrogen and oxygen atoms in total. The molecule has 90 valence electrons. The van der Waals surface area contributed by atoms with Crippen molar-refractivity contribution in [1.29, 1.82) is 0 Å². The van der Waals surface area contributed by atoms with Gasteiger partial charge < -0.3 is 9.84 Å². The number of carboxylic acid groups (broad SMARTS) is 1. The molecule has 0 radical (unpaired) electrons. The molecular formula is C13H14O4. The fraction of sp³-hybridized carbons (Fsp3) is 0.231. The number of aryl methyl sites for hydroxylation is 1. The standard InChI is InChI=1S/C13H14O4/c1-17-13(16)8-6-11-4-2-3-10(9-11)5-7-12(14)15/h2-5,7,9H,6,8H2,1H3,(H,14,15)/b7-5+. The lowest BCUT2D eigenvalue weighted by atomic mass is 10.1. The van der Waals surface area contributed by atoms with Gasteiger partial charge in [-0.1, -0.05) is 24.3 Å². The number of rotatable bonds is 5. The summed E-state index contributed by atoms with van der Waals surface area (Å²) in [6, 6.07) is 7.37. The van der Waals surface area contributed by atoms with Crippen LogP contribution in [0.3, 0.4) is 0 Å². The molecule has 17 heavy (non-hydrogen) atoms. The number of ether oxygens (including phenoxy) is 1. The first-order valence-electron chi connectivity index (χ1n) is 5.18. The maximum Gasteiger partial charge on any atom is 0.328 e. The van der Waals surface area contributed by atoms with E-state index >= 15 is 0 Å². The number of hydrogen-bond donors (Lipinski definition) is 1. The Hall–Kier alpha value is -2.10. The van der Waals surface area contributed by atoms with Gasteiger partial charge in [0.05, 0.1) is 7.11 Å². The van der Waals surface area contributed by atoms with Crippen molar-refractivity contribution >= 4 is 18.0 Å². The third kappa shape index (κ3) is 4.97. The molecule has 0 saturated heterocycles. The van der Waals surface area contributed by atoms with Crippen LogP contribution in [-0.4, -0.2) is 24.2 Å². The lowest BCUT2D eigenvalue weighted by Gasteiger charge is -2.01. The van der Waals surface area contributed by atoms with E-state index < -0.39 is 5.97 Å². The van der Waals surface area contributed by atoms with Gasteiger partial charge in [-0.3, -0.25) is 4.79 Å². The molecule has 0 unspecified atom stereocenters.